The van der Waals surface area contributed by atoms with E-state index in [0.29, 0.717) is 22.4 Å². The zero-order valence-electron chi connectivity index (χ0n) is 8.40. The Morgan fingerprint density at radius 2 is 2.06 bits per heavy atom. The Kier molecular flexibility index (Phi) is 3.49. The molecule has 0 bridgehead atoms. The van der Waals surface area contributed by atoms with Crippen LogP contribution in [0.25, 0.3) is 0 Å². The number of halogens is 2. The molecule has 0 amide bonds. The standard InChI is InChI=1S/C11H10Cl2N2O/c12-9-2-1-8(5-10(9)13)6-15-4-3-14-11(15)7-16/h1-5,16H,6-7H2. The third kappa shape index (κ3) is 2.38. The van der Waals surface area contributed by atoms with Gasteiger partial charge in [-0.1, -0.05) is 29.3 Å². The molecule has 84 valence electrons. The lowest BCUT2D eigenvalue weighted by molar-refractivity contribution is 0.266. The van der Waals surface area contributed by atoms with Crippen molar-refractivity contribution in [3.8, 4) is 0 Å². The van der Waals surface area contributed by atoms with Crippen LogP contribution in [0.4, 0.5) is 0 Å². The molecule has 0 spiro atoms. The Morgan fingerprint density at radius 1 is 1.25 bits per heavy atom. The van der Waals surface area contributed by atoms with Crippen LogP contribution in [0.1, 0.15) is 11.4 Å². The van der Waals surface area contributed by atoms with Gasteiger partial charge in [-0.05, 0) is 17.7 Å². The number of benzene rings is 1. The van der Waals surface area contributed by atoms with Gasteiger partial charge in [-0.25, -0.2) is 4.98 Å². The zero-order valence-corrected chi connectivity index (χ0v) is 9.91. The van der Waals surface area contributed by atoms with Crippen LogP contribution in [0, 0.1) is 0 Å². The first-order chi connectivity index (χ1) is 7.70. The number of nitrogens with zero attached hydrogens (tertiary/aromatic N) is 2. The summed E-state index contributed by atoms with van der Waals surface area (Å²) < 4.78 is 1.86. The summed E-state index contributed by atoms with van der Waals surface area (Å²) in [6.45, 7) is 0.543. The molecule has 0 unspecified atom stereocenters. The molecule has 0 radical (unpaired) electrons. The summed E-state index contributed by atoms with van der Waals surface area (Å²) in [7, 11) is 0. The molecular weight excluding hydrogens is 247 g/mol. The van der Waals surface area contributed by atoms with E-state index in [1.807, 2.05) is 22.9 Å². The van der Waals surface area contributed by atoms with Crippen molar-refractivity contribution >= 4 is 23.2 Å². The molecule has 0 saturated heterocycles. The Morgan fingerprint density at radius 3 is 2.75 bits per heavy atom. The minimum atomic E-state index is -0.0751. The van der Waals surface area contributed by atoms with Crippen molar-refractivity contribution in [3.05, 3.63) is 52.0 Å². The highest BCUT2D eigenvalue weighted by Gasteiger charge is 2.04. The molecule has 1 aromatic carbocycles. The predicted octanol–water partition coefficient (Wildman–Crippen LogP) is 2.73. The molecule has 3 nitrogen and oxygen atoms in total. The van der Waals surface area contributed by atoms with Crippen molar-refractivity contribution in [2.75, 3.05) is 0 Å². The van der Waals surface area contributed by atoms with E-state index in [1.54, 1.807) is 12.3 Å². The van der Waals surface area contributed by atoms with E-state index in [1.165, 1.54) is 0 Å². The smallest absolute Gasteiger partial charge is 0.134 e. The molecule has 1 aromatic heterocycles. The maximum Gasteiger partial charge on any atom is 0.134 e. The maximum atomic E-state index is 9.05. The average Bonchev–Trinajstić information content (AvgIpc) is 2.71. The van der Waals surface area contributed by atoms with Crippen LogP contribution in [0.5, 0.6) is 0 Å². The third-order valence-electron chi connectivity index (χ3n) is 2.28. The van der Waals surface area contributed by atoms with Crippen molar-refractivity contribution in [3.63, 3.8) is 0 Å². The second kappa shape index (κ2) is 4.87. The van der Waals surface area contributed by atoms with Gasteiger partial charge in [0.1, 0.15) is 12.4 Å². The van der Waals surface area contributed by atoms with E-state index >= 15 is 0 Å². The fraction of sp³-hybridized carbons (Fsp3) is 0.182. The average molecular weight is 257 g/mol. The van der Waals surface area contributed by atoms with E-state index in [0.717, 1.165) is 5.56 Å². The van der Waals surface area contributed by atoms with Crippen molar-refractivity contribution in [2.24, 2.45) is 0 Å². The molecule has 0 atom stereocenters. The van der Waals surface area contributed by atoms with Gasteiger partial charge in [0.05, 0.1) is 10.0 Å². The molecule has 2 rings (SSSR count). The second-order valence-corrected chi connectivity index (χ2v) is 4.19. The van der Waals surface area contributed by atoms with Crippen LogP contribution >= 0.6 is 23.2 Å². The van der Waals surface area contributed by atoms with Gasteiger partial charge in [0.25, 0.3) is 0 Å². The summed E-state index contributed by atoms with van der Waals surface area (Å²) in [6, 6.07) is 5.47. The summed E-state index contributed by atoms with van der Waals surface area (Å²) in [6.07, 6.45) is 3.47. The van der Waals surface area contributed by atoms with Gasteiger partial charge in [-0.15, -0.1) is 0 Å². The Hall–Kier alpha value is -1.03. The number of hydrogen-bond donors (Lipinski definition) is 1. The lowest BCUT2D eigenvalue weighted by Crippen LogP contribution is -2.04. The number of aromatic nitrogens is 2. The first-order valence-corrected chi connectivity index (χ1v) is 5.51. The summed E-state index contributed by atoms with van der Waals surface area (Å²) >= 11 is 11.8. The van der Waals surface area contributed by atoms with Crippen LogP contribution in [0.2, 0.25) is 10.0 Å². The van der Waals surface area contributed by atoms with E-state index in [-0.39, 0.29) is 6.61 Å². The molecule has 0 saturated carbocycles. The number of rotatable bonds is 3. The van der Waals surface area contributed by atoms with Gasteiger partial charge in [0.2, 0.25) is 0 Å². The zero-order chi connectivity index (χ0) is 11.5. The highest BCUT2D eigenvalue weighted by atomic mass is 35.5. The minimum Gasteiger partial charge on any atom is -0.388 e. The van der Waals surface area contributed by atoms with Crippen LogP contribution in [-0.4, -0.2) is 14.7 Å². The van der Waals surface area contributed by atoms with Crippen molar-refractivity contribution in [1.29, 1.82) is 0 Å². The number of aliphatic hydroxyl groups excluding tert-OH is 1. The normalized spacial score (nSPS) is 10.7. The Bertz CT molecular complexity index is 496. The Labute approximate surface area is 103 Å². The van der Waals surface area contributed by atoms with Gasteiger partial charge in [0, 0.05) is 18.9 Å². The molecule has 2 aromatic rings. The van der Waals surface area contributed by atoms with Crippen molar-refractivity contribution in [2.45, 2.75) is 13.2 Å². The molecule has 1 N–H and O–H groups in total. The van der Waals surface area contributed by atoms with Gasteiger partial charge in [0.15, 0.2) is 0 Å². The lowest BCUT2D eigenvalue weighted by Gasteiger charge is -2.07. The third-order valence-corrected chi connectivity index (χ3v) is 3.02. The summed E-state index contributed by atoms with van der Waals surface area (Å²) in [4.78, 5) is 4.02. The van der Waals surface area contributed by atoms with Crippen molar-refractivity contribution in [1.82, 2.24) is 9.55 Å². The lowest BCUT2D eigenvalue weighted by atomic mass is 10.2. The molecule has 16 heavy (non-hydrogen) atoms. The number of imidazole rings is 1. The fourth-order valence-corrected chi connectivity index (χ4v) is 1.79. The van der Waals surface area contributed by atoms with Crippen LogP contribution < -0.4 is 0 Å². The molecule has 1 heterocycles. The quantitative estimate of drug-likeness (QED) is 0.918. The predicted molar refractivity (Wildman–Crippen MR) is 63.7 cm³/mol. The summed E-state index contributed by atoms with van der Waals surface area (Å²) in [5.41, 5.74) is 1.02. The van der Waals surface area contributed by atoms with E-state index in [4.69, 9.17) is 28.3 Å². The number of hydrogen-bond acceptors (Lipinski definition) is 2. The fourth-order valence-electron chi connectivity index (χ4n) is 1.47. The minimum absolute atomic E-state index is 0.0751. The maximum absolute atomic E-state index is 9.05. The first kappa shape index (κ1) is 11.5. The van der Waals surface area contributed by atoms with E-state index in [9.17, 15) is 0 Å². The van der Waals surface area contributed by atoms with Crippen molar-refractivity contribution < 1.29 is 5.11 Å². The van der Waals surface area contributed by atoms with E-state index < -0.39 is 0 Å². The van der Waals surface area contributed by atoms with Crippen LogP contribution in [0.3, 0.4) is 0 Å². The van der Waals surface area contributed by atoms with Gasteiger partial charge < -0.3 is 9.67 Å². The molecule has 0 fully saturated rings. The molecule has 0 aliphatic rings. The summed E-state index contributed by atoms with van der Waals surface area (Å²) in [5, 5.41) is 10.1. The molecule has 0 aliphatic heterocycles. The van der Waals surface area contributed by atoms with Gasteiger partial charge in [-0.3, -0.25) is 0 Å². The monoisotopic (exact) mass is 256 g/mol. The SMILES string of the molecule is OCc1nccn1Cc1ccc(Cl)c(Cl)c1. The van der Waals surface area contributed by atoms with Crippen LogP contribution in [-0.2, 0) is 13.2 Å². The van der Waals surface area contributed by atoms with Gasteiger partial charge in [-0.2, -0.15) is 0 Å². The van der Waals surface area contributed by atoms with Gasteiger partial charge >= 0.3 is 0 Å². The highest BCUT2D eigenvalue weighted by molar-refractivity contribution is 6.42. The van der Waals surface area contributed by atoms with E-state index in [2.05, 4.69) is 4.98 Å². The molecule has 0 aliphatic carbocycles. The first-order valence-electron chi connectivity index (χ1n) is 4.75. The molecular formula is C11H10Cl2N2O. The summed E-state index contributed by atoms with van der Waals surface area (Å²) in [5.74, 6) is 0.631. The second-order valence-electron chi connectivity index (χ2n) is 3.38. The highest BCUT2D eigenvalue weighted by Crippen LogP contribution is 2.23. The topological polar surface area (TPSA) is 38.1 Å². The molecule has 5 heteroatoms. The van der Waals surface area contributed by atoms with Crippen LogP contribution in [0.15, 0.2) is 30.6 Å². The largest absolute Gasteiger partial charge is 0.388 e. The Balaban J connectivity index is 2.24. The number of aliphatic hydroxyl groups is 1.